The van der Waals surface area contributed by atoms with Crippen molar-refractivity contribution >= 4 is 11.3 Å². The van der Waals surface area contributed by atoms with Crippen LogP contribution >= 0.6 is 11.3 Å². The third-order valence-corrected chi connectivity index (χ3v) is 2.49. The molecule has 2 aromatic rings. The lowest BCUT2D eigenvalue weighted by Crippen LogP contribution is -1.91. The molecule has 2 rings (SSSR count). The second-order valence-corrected chi connectivity index (χ2v) is 3.40. The first-order valence-electron chi connectivity index (χ1n) is 3.92. The number of halogens is 1. The van der Waals surface area contributed by atoms with Crippen molar-refractivity contribution in [3.63, 3.8) is 0 Å². The number of aromatic nitrogens is 2. The third kappa shape index (κ3) is 1.46. The number of benzene rings is 1. The number of para-hydroxylation sites is 1. The Morgan fingerprint density at radius 2 is 2.29 bits per heavy atom. The van der Waals surface area contributed by atoms with Crippen LogP contribution in [0.5, 0.6) is 5.75 Å². The maximum atomic E-state index is 13.3. The van der Waals surface area contributed by atoms with E-state index in [1.807, 2.05) is 0 Å². The fourth-order valence-corrected chi connectivity index (χ4v) is 1.75. The summed E-state index contributed by atoms with van der Waals surface area (Å²) >= 11 is 1.35. The topological polar surface area (TPSA) is 35.0 Å². The minimum atomic E-state index is -0.389. The molecule has 0 saturated carbocycles. The molecule has 14 heavy (non-hydrogen) atoms. The lowest BCUT2D eigenvalue weighted by Gasteiger charge is -2.05. The number of hydrogen-bond donors (Lipinski definition) is 0. The van der Waals surface area contributed by atoms with Crippen molar-refractivity contribution in [2.75, 3.05) is 7.11 Å². The minimum Gasteiger partial charge on any atom is -0.493 e. The summed E-state index contributed by atoms with van der Waals surface area (Å²) in [6, 6.07) is 4.72. The van der Waals surface area contributed by atoms with Gasteiger partial charge in [0, 0.05) is 0 Å². The number of ether oxygens (including phenoxy) is 1. The summed E-state index contributed by atoms with van der Waals surface area (Å²) in [6.07, 6.45) is 0. The number of nitrogens with zero attached hydrogens (tertiary/aromatic N) is 2. The van der Waals surface area contributed by atoms with Gasteiger partial charge < -0.3 is 4.74 Å². The summed E-state index contributed by atoms with van der Waals surface area (Å²) in [5.41, 5.74) is 2.23. The van der Waals surface area contributed by atoms with Crippen molar-refractivity contribution in [3.8, 4) is 16.3 Å². The molecule has 0 aliphatic carbocycles. The summed E-state index contributed by atoms with van der Waals surface area (Å²) in [5, 5.41) is 8.21. The summed E-state index contributed by atoms with van der Waals surface area (Å²) in [5.74, 6) is -0.176. The van der Waals surface area contributed by atoms with Gasteiger partial charge in [-0.2, -0.15) is 0 Å². The van der Waals surface area contributed by atoms with Crippen LogP contribution in [0.3, 0.4) is 0 Å². The monoisotopic (exact) mass is 210 g/mol. The maximum Gasteiger partial charge on any atom is 0.165 e. The number of methoxy groups -OCH3 is 1. The van der Waals surface area contributed by atoms with Gasteiger partial charge in [-0.3, -0.25) is 0 Å². The standard InChI is InChI=1S/C9H7FN2OS/c1-13-8-6(3-2-4-7(8)10)9-12-11-5-14-9/h2-5H,1H3. The van der Waals surface area contributed by atoms with Gasteiger partial charge in [-0.1, -0.05) is 17.4 Å². The highest BCUT2D eigenvalue weighted by molar-refractivity contribution is 7.12. The van der Waals surface area contributed by atoms with E-state index < -0.39 is 0 Å². The van der Waals surface area contributed by atoms with Gasteiger partial charge in [-0.15, -0.1) is 10.2 Å². The molecule has 0 spiro atoms. The van der Waals surface area contributed by atoms with E-state index >= 15 is 0 Å². The van der Waals surface area contributed by atoms with Gasteiger partial charge in [0.25, 0.3) is 0 Å². The molecule has 3 nitrogen and oxygen atoms in total. The van der Waals surface area contributed by atoms with Crippen LogP contribution in [-0.4, -0.2) is 17.3 Å². The highest BCUT2D eigenvalue weighted by Crippen LogP contribution is 2.32. The molecule has 0 radical (unpaired) electrons. The molecule has 0 amide bonds. The molecule has 0 atom stereocenters. The fraction of sp³-hybridized carbons (Fsp3) is 0.111. The van der Waals surface area contributed by atoms with Crippen molar-refractivity contribution in [3.05, 3.63) is 29.5 Å². The molecule has 1 aromatic heterocycles. The predicted octanol–water partition coefficient (Wildman–Crippen LogP) is 2.35. The maximum absolute atomic E-state index is 13.3. The van der Waals surface area contributed by atoms with Gasteiger partial charge in [0.1, 0.15) is 5.51 Å². The molecule has 0 saturated heterocycles. The quantitative estimate of drug-likeness (QED) is 0.763. The first-order valence-corrected chi connectivity index (χ1v) is 4.80. The van der Waals surface area contributed by atoms with Gasteiger partial charge >= 0.3 is 0 Å². The van der Waals surface area contributed by atoms with Gasteiger partial charge in [0.2, 0.25) is 0 Å². The summed E-state index contributed by atoms with van der Waals surface area (Å²) < 4.78 is 18.2. The van der Waals surface area contributed by atoms with Crippen LogP contribution in [0.2, 0.25) is 0 Å². The van der Waals surface area contributed by atoms with E-state index in [-0.39, 0.29) is 11.6 Å². The zero-order chi connectivity index (χ0) is 9.97. The largest absolute Gasteiger partial charge is 0.493 e. The van der Waals surface area contributed by atoms with E-state index in [9.17, 15) is 4.39 Å². The fourth-order valence-electron chi connectivity index (χ4n) is 1.18. The van der Waals surface area contributed by atoms with Crippen LogP contribution in [0, 0.1) is 5.82 Å². The normalized spacial score (nSPS) is 10.1. The molecule has 1 heterocycles. The van der Waals surface area contributed by atoms with Crippen LogP contribution in [0.25, 0.3) is 10.6 Å². The van der Waals surface area contributed by atoms with E-state index in [4.69, 9.17) is 4.74 Å². The molecular weight excluding hydrogens is 203 g/mol. The second-order valence-electron chi connectivity index (χ2n) is 2.56. The SMILES string of the molecule is COc1c(F)cccc1-c1nncs1. The molecule has 0 N–H and O–H groups in total. The third-order valence-electron chi connectivity index (χ3n) is 1.76. The lowest BCUT2D eigenvalue weighted by atomic mass is 10.2. The molecule has 0 aliphatic rings. The van der Waals surface area contributed by atoms with Crippen molar-refractivity contribution < 1.29 is 9.13 Å². The van der Waals surface area contributed by atoms with Gasteiger partial charge in [0.05, 0.1) is 12.7 Å². The molecule has 0 fully saturated rings. The van der Waals surface area contributed by atoms with Crippen molar-refractivity contribution in [2.24, 2.45) is 0 Å². The number of hydrogen-bond acceptors (Lipinski definition) is 4. The summed E-state index contributed by atoms with van der Waals surface area (Å²) in [6.45, 7) is 0. The van der Waals surface area contributed by atoms with E-state index in [1.165, 1.54) is 24.5 Å². The Hall–Kier alpha value is -1.49. The van der Waals surface area contributed by atoms with Gasteiger partial charge in [0.15, 0.2) is 16.6 Å². The van der Waals surface area contributed by atoms with Crippen LogP contribution in [-0.2, 0) is 0 Å². The molecular formula is C9H7FN2OS. The smallest absolute Gasteiger partial charge is 0.165 e. The Morgan fingerprint density at radius 3 is 2.93 bits per heavy atom. The minimum absolute atomic E-state index is 0.212. The Bertz CT molecular complexity index is 430. The number of rotatable bonds is 2. The summed E-state index contributed by atoms with van der Waals surface area (Å²) in [7, 11) is 1.43. The van der Waals surface area contributed by atoms with E-state index in [2.05, 4.69) is 10.2 Å². The van der Waals surface area contributed by atoms with E-state index in [0.29, 0.717) is 10.6 Å². The molecule has 0 aliphatic heterocycles. The molecule has 0 bridgehead atoms. The Balaban J connectivity index is 2.58. The zero-order valence-electron chi connectivity index (χ0n) is 7.40. The first-order chi connectivity index (χ1) is 6.83. The van der Waals surface area contributed by atoms with Crippen molar-refractivity contribution in [1.82, 2.24) is 10.2 Å². The van der Waals surface area contributed by atoms with Crippen molar-refractivity contribution in [1.29, 1.82) is 0 Å². The van der Waals surface area contributed by atoms with Gasteiger partial charge in [-0.05, 0) is 12.1 Å². The average molecular weight is 210 g/mol. The average Bonchev–Trinajstić information content (AvgIpc) is 2.70. The Labute approximate surface area is 84.2 Å². The van der Waals surface area contributed by atoms with Gasteiger partial charge in [-0.25, -0.2) is 4.39 Å². The highest BCUT2D eigenvalue weighted by atomic mass is 32.1. The summed E-state index contributed by atoms with van der Waals surface area (Å²) in [4.78, 5) is 0. The van der Waals surface area contributed by atoms with Crippen molar-refractivity contribution in [2.45, 2.75) is 0 Å². The second kappa shape index (κ2) is 3.71. The van der Waals surface area contributed by atoms with Crippen LogP contribution in [0.15, 0.2) is 23.7 Å². The highest BCUT2D eigenvalue weighted by Gasteiger charge is 2.12. The van der Waals surface area contributed by atoms with Crippen LogP contribution < -0.4 is 4.74 Å². The van der Waals surface area contributed by atoms with Crippen LogP contribution in [0.1, 0.15) is 0 Å². The predicted molar refractivity (Wildman–Crippen MR) is 51.9 cm³/mol. The first kappa shape index (κ1) is 9.08. The van der Waals surface area contributed by atoms with E-state index in [0.717, 1.165) is 0 Å². The Morgan fingerprint density at radius 1 is 1.43 bits per heavy atom. The zero-order valence-corrected chi connectivity index (χ0v) is 8.21. The lowest BCUT2D eigenvalue weighted by molar-refractivity contribution is 0.388. The molecule has 1 aromatic carbocycles. The molecule has 5 heteroatoms. The molecule has 0 unspecified atom stereocenters. The molecule has 72 valence electrons. The van der Waals surface area contributed by atoms with Crippen LogP contribution in [0.4, 0.5) is 4.39 Å². The van der Waals surface area contributed by atoms with E-state index in [1.54, 1.807) is 17.6 Å². The Kier molecular flexibility index (Phi) is 2.41.